The molecule has 8 heteroatoms. The minimum atomic E-state index is -4.64. The van der Waals surface area contributed by atoms with Crippen molar-refractivity contribution in [3.8, 4) is 0 Å². The van der Waals surface area contributed by atoms with E-state index in [9.17, 15) is 0 Å². The van der Waals surface area contributed by atoms with Gasteiger partial charge in [0.15, 0.2) is 0 Å². The van der Waals surface area contributed by atoms with Gasteiger partial charge in [0.05, 0.1) is 0 Å². The zero-order valence-electron chi connectivity index (χ0n) is 9.77. The topological polar surface area (TPSA) is 138 Å². The number of unbranched alkanes of at least 4 members (excludes halogenated alkanes) is 3. The van der Waals surface area contributed by atoms with Gasteiger partial charge in [-0.3, -0.25) is 0 Å². The fourth-order valence-electron chi connectivity index (χ4n) is 1.14. The third-order valence-electron chi connectivity index (χ3n) is 2.04. The van der Waals surface area contributed by atoms with E-state index in [1.54, 1.807) is 0 Å². The predicted molar refractivity (Wildman–Crippen MR) is 62.1 cm³/mol. The van der Waals surface area contributed by atoms with E-state index in [4.69, 9.17) is 34.6 Å². The van der Waals surface area contributed by atoms with Gasteiger partial charge in [-0.2, -0.15) is 0 Å². The van der Waals surface area contributed by atoms with E-state index in [0.717, 1.165) is 32.1 Å². The third kappa shape index (κ3) is 25.9. The molecule has 0 radical (unpaired) electrons. The van der Waals surface area contributed by atoms with Crippen molar-refractivity contribution in [2.45, 2.75) is 32.1 Å². The van der Waals surface area contributed by atoms with E-state index in [1.165, 1.54) is 0 Å². The Hall–Kier alpha value is -0.0100. The molecular formula is C9H23O7P. The largest absolute Gasteiger partial charge is 0.466 e. The van der Waals surface area contributed by atoms with Gasteiger partial charge in [-0.1, -0.05) is 19.3 Å². The fraction of sp³-hybridized carbons (Fsp3) is 1.00. The second kappa shape index (κ2) is 12.4. The first-order valence-electron chi connectivity index (χ1n) is 5.46. The van der Waals surface area contributed by atoms with Crippen LogP contribution in [0, 0.1) is 5.92 Å². The van der Waals surface area contributed by atoms with Crippen LogP contribution in [0.2, 0.25) is 0 Å². The van der Waals surface area contributed by atoms with Gasteiger partial charge in [0.2, 0.25) is 0 Å². The van der Waals surface area contributed by atoms with E-state index >= 15 is 0 Å². The molecule has 0 aromatic rings. The van der Waals surface area contributed by atoms with Crippen LogP contribution in [-0.2, 0) is 4.57 Å². The van der Waals surface area contributed by atoms with Crippen molar-refractivity contribution < 1.29 is 34.6 Å². The molecule has 0 bridgehead atoms. The Morgan fingerprint density at radius 2 is 1.24 bits per heavy atom. The molecule has 0 saturated heterocycles. The van der Waals surface area contributed by atoms with Crippen LogP contribution in [0.1, 0.15) is 32.1 Å². The molecule has 7 nitrogen and oxygen atoms in total. The van der Waals surface area contributed by atoms with Crippen LogP contribution in [0.25, 0.3) is 0 Å². The van der Waals surface area contributed by atoms with Crippen molar-refractivity contribution in [3.05, 3.63) is 0 Å². The average molecular weight is 274 g/mol. The van der Waals surface area contributed by atoms with E-state index < -0.39 is 7.82 Å². The highest BCUT2D eigenvalue weighted by Crippen LogP contribution is 2.25. The normalized spacial score (nSPS) is 11.2. The zero-order valence-corrected chi connectivity index (χ0v) is 10.7. The van der Waals surface area contributed by atoms with Crippen LogP contribution in [-0.4, -0.2) is 49.8 Å². The summed E-state index contributed by atoms with van der Waals surface area (Å²) in [7, 11) is -4.64. The van der Waals surface area contributed by atoms with Gasteiger partial charge in [-0.25, -0.2) is 4.57 Å². The average Bonchev–Trinajstić information content (AvgIpc) is 2.21. The van der Waals surface area contributed by atoms with Crippen LogP contribution in [0.5, 0.6) is 0 Å². The highest BCUT2D eigenvalue weighted by molar-refractivity contribution is 7.45. The maximum Gasteiger partial charge on any atom is 0.466 e. The number of hydrogen-bond acceptors (Lipinski definition) is 4. The van der Waals surface area contributed by atoms with Crippen molar-refractivity contribution >= 4 is 7.82 Å². The second-order valence-corrected chi connectivity index (χ2v) is 4.70. The first-order valence-corrected chi connectivity index (χ1v) is 7.02. The molecule has 0 fully saturated rings. The predicted octanol–water partition coefficient (Wildman–Crippen LogP) is -0.399. The smallest absolute Gasteiger partial charge is 0.396 e. The van der Waals surface area contributed by atoms with Gasteiger partial charge in [-0.05, 0) is 12.8 Å². The number of rotatable bonds is 8. The molecule has 0 heterocycles. The van der Waals surface area contributed by atoms with Crippen LogP contribution in [0.3, 0.4) is 0 Å². The summed E-state index contributed by atoms with van der Waals surface area (Å²) >= 11 is 0. The lowest BCUT2D eigenvalue weighted by Crippen LogP contribution is -2.10. The Morgan fingerprint density at radius 3 is 1.59 bits per heavy atom. The molecule has 0 aromatic heterocycles. The molecule has 0 saturated carbocycles. The molecule has 0 atom stereocenters. The van der Waals surface area contributed by atoms with Gasteiger partial charge in [0.1, 0.15) is 0 Å². The van der Waals surface area contributed by atoms with Crippen LogP contribution in [0.4, 0.5) is 0 Å². The van der Waals surface area contributed by atoms with Crippen molar-refractivity contribution in [1.29, 1.82) is 0 Å². The summed E-state index contributed by atoms with van der Waals surface area (Å²) in [6.07, 6.45) is 4.91. The maximum atomic E-state index is 8.88. The van der Waals surface area contributed by atoms with Crippen LogP contribution >= 0.6 is 7.82 Å². The SMILES string of the molecule is O=P(O)(O)O.OCCCCCCC(CO)CO. The standard InChI is InChI=1S/C9H20O3.H3O4P/c10-6-4-2-1-3-5-9(7-11)8-12;1-5(2,3)4/h9-12H,1-8H2;(H3,1,2,3,4). The van der Waals surface area contributed by atoms with Crippen molar-refractivity contribution in [1.82, 2.24) is 0 Å². The summed E-state index contributed by atoms with van der Waals surface area (Å²) in [5, 5.41) is 25.9. The summed E-state index contributed by atoms with van der Waals surface area (Å²) < 4.78 is 8.88. The minimum absolute atomic E-state index is 0.0547. The summed E-state index contributed by atoms with van der Waals surface area (Å²) in [6, 6.07) is 0. The lowest BCUT2D eigenvalue weighted by molar-refractivity contribution is 0.141. The van der Waals surface area contributed by atoms with Crippen LogP contribution in [0.15, 0.2) is 0 Å². The second-order valence-electron chi connectivity index (χ2n) is 3.67. The van der Waals surface area contributed by atoms with E-state index in [-0.39, 0.29) is 25.7 Å². The van der Waals surface area contributed by atoms with Gasteiger partial charge < -0.3 is 30.0 Å². The Labute approximate surface area is 101 Å². The summed E-state index contributed by atoms with van der Waals surface area (Å²) in [4.78, 5) is 21.6. The summed E-state index contributed by atoms with van der Waals surface area (Å²) in [5.74, 6) is 0.0547. The van der Waals surface area contributed by atoms with Gasteiger partial charge in [-0.15, -0.1) is 0 Å². The Kier molecular flexibility index (Phi) is 14.2. The molecular weight excluding hydrogens is 251 g/mol. The van der Waals surface area contributed by atoms with E-state index in [2.05, 4.69) is 0 Å². The quantitative estimate of drug-likeness (QED) is 0.261. The van der Waals surface area contributed by atoms with Gasteiger partial charge in [0, 0.05) is 25.7 Å². The molecule has 6 N–H and O–H groups in total. The molecule has 0 amide bonds. The van der Waals surface area contributed by atoms with Crippen LogP contribution < -0.4 is 0 Å². The highest BCUT2D eigenvalue weighted by Gasteiger charge is 2.04. The molecule has 0 spiro atoms. The third-order valence-corrected chi connectivity index (χ3v) is 2.04. The molecule has 106 valence electrons. The number of phosphoric acid groups is 1. The maximum absolute atomic E-state index is 8.88. The summed E-state index contributed by atoms with van der Waals surface area (Å²) in [6.45, 7) is 0.427. The highest BCUT2D eigenvalue weighted by atomic mass is 31.2. The lowest BCUT2D eigenvalue weighted by atomic mass is 10.0. The molecule has 0 aliphatic rings. The molecule has 0 aliphatic heterocycles. The summed E-state index contributed by atoms with van der Waals surface area (Å²) in [5.41, 5.74) is 0. The lowest BCUT2D eigenvalue weighted by Gasteiger charge is -2.09. The number of aliphatic hydroxyl groups is 3. The molecule has 0 rings (SSSR count). The van der Waals surface area contributed by atoms with Crippen molar-refractivity contribution in [3.63, 3.8) is 0 Å². The monoisotopic (exact) mass is 274 g/mol. The van der Waals surface area contributed by atoms with Crippen molar-refractivity contribution in [2.24, 2.45) is 5.92 Å². The van der Waals surface area contributed by atoms with Gasteiger partial charge in [0.25, 0.3) is 0 Å². The minimum Gasteiger partial charge on any atom is -0.396 e. The molecule has 0 aromatic carbocycles. The fourth-order valence-corrected chi connectivity index (χ4v) is 1.14. The van der Waals surface area contributed by atoms with E-state index in [0.29, 0.717) is 0 Å². The van der Waals surface area contributed by atoms with Gasteiger partial charge >= 0.3 is 7.82 Å². The Bertz CT molecular complexity index is 182. The first-order chi connectivity index (χ1) is 7.85. The Balaban J connectivity index is 0. The van der Waals surface area contributed by atoms with Crippen molar-refractivity contribution in [2.75, 3.05) is 19.8 Å². The van der Waals surface area contributed by atoms with E-state index in [1.807, 2.05) is 0 Å². The molecule has 0 aliphatic carbocycles. The Morgan fingerprint density at radius 1 is 0.824 bits per heavy atom. The number of hydrogen-bond donors (Lipinski definition) is 6. The molecule has 17 heavy (non-hydrogen) atoms. The molecule has 0 unspecified atom stereocenters. The number of aliphatic hydroxyl groups excluding tert-OH is 3. The zero-order chi connectivity index (χ0) is 13.7. The first kappa shape index (κ1) is 19.3.